The summed E-state index contributed by atoms with van der Waals surface area (Å²) < 4.78 is 33.5. The van der Waals surface area contributed by atoms with Gasteiger partial charge in [-0.2, -0.15) is 32.4 Å². The van der Waals surface area contributed by atoms with Crippen LogP contribution >= 0.6 is 0 Å². The van der Waals surface area contributed by atoms with Crippen LogP contribution in [0.2, 0.25) is 0 Å². The van der Waals surface area contributed by atoms with Gasteiger partial charge in [-0.3, -0.25) is 0 Å². The highest BCUT2D eigenvalue weighted by Crippen LogP contribution is 2.34. The number of H-pyrrole nitrogens is 1. The number of hydrogen-bond donors (Lipinski definition) is 1. The third-order valence-corrected chi connectivity index (χ3v) is 6.08. The van der Waals surface area contributed by atoms with E-state index in [0.29, 0.717) is 13.1 Å². The van der Waals surface area contributed by atoms with Crippen molar-refractivity contribution in [2.45, 2.75) is 30.9 Å². The molecule has 112 valence electrons. The summed E-state index contributed by atoms with van der Waals surface area (Å²) in [6, 6.07) is 0.159. The Morgan fingerprint density at radius 1 is 1.45 bits per heavy atom. The van der Waals surface area contributed by atoms with E-state index < -0.39 is 10.2 Å². The summed E-state index contributed by atoms with van der Waals surface area (Å²) in [5, 5.41) is 10.4. The molecule has 2 fully saturated rings. The van der Waals surface area contributed by atoms with Gasteiger partial charge >= 0.3 is 0 Å². The number of nitrogens with one attached hydrogen (secondary N) is 1. The maximum Gasteiger partial charge on any atom is 0.282 e. The zero-order valence-electron chi connectivity index (χ0n) is 11.6. The first kappa shape index (κ1) is 13.9. The summed E-state index contributed by atoms with van der Waals surface area (Å²) in [6.07, 6.45) is 3.33. The Kier molecular flexibility index (Phi) is 3.53. The second kappa shape index (κ2) is 5.06. The van der Waals surface area contributed by atoms with Gasteiger partial charge in [0.1, 0.15) is 0 Å². The molecule has 2 heterocycles. The Balaban J connectivity index is 1.79. The van der Waals surface area contributed by atoms with Crippen LogP contribution < -0.4 is 0 Å². The SMILES string of the molecule is CO[C@@H]1CN(S(=O)(=O)N(C)C2CC2)C[C@H]1c1cn[nH]n1. The molecule has 9 heteroatoms. The summed E-state index contributed by atoms with van der Waals surface area (Å²) in [6.45, 7) is 0.734. The molecule has 1 aromatic heterocycles. The number of aromatic amines is 1. The van der Waals surface area contributed by atoms with Gasteiger partial charge in [0.05, 0.1) is 18.0 Å². The number of hydrogen-bond acceptors (Lipinski definition) is 5. The fraction of sp³-hybridized carbons (Fsp3) is 0.818. The van der Waals surface area contributed by atoms with Gasteiger partial charge in [0.2, 0.25) is 0 Å². The maximum absolute atomic E-state index is 12.5. The van der Waals surface area contributed by atoms with Crippen molar-refractivity contribution in [3.05, 3.63) is 11.9 Å². The quantitative estimate of drug-likeness (QED) is 0.796. The molecule has 1 saturated heterocycles. The molecule has 20 heavy (non-hydrogen) atoms. The monoisotopic (exact) mass is 301 g/mol. The highest BCUT2D eigenvalue weighted by atomic mass is 32.2. The largest absolute Gasteiger partial charge is 0.379 e. The Hall–Kier alpha value is -1.03. The molecular weight excluding hydrogens is 282 g/mol. The maximum atomic E-state index is 12.5. The average molecular weight is 301 g/mol. The van der Waals surface area contributed by atoms with Gasteiger partial charge in [0.25, 0.3) is 10.2 Å². The van der Waals surface area contributed by atoms with Gasteiger partial charge < -0.3 is 4.74 Å². The van der Waals surface area contributed by atoms with Crippen LogP contribution in [0.25, 0.3) is 0 Å². The molecule has 0 radical (unpaired) electrons. The van der Waals surface area contributed by atoms with Crippen LogP contribution in [-0.4, -0.2) is 71.8 Å². The molecule has 0 spiro atoms. The van der Waals surface area contributed by atoms with E-state index in [1.807, 2.05) is 0 Å². The van der Waals surface area contributed by atoms with Crippen LogP contribution in [0.15, 0.2) is 6.20 Å². The molecule has 1 N–H and O–H groups in total. The molecule has 0 bridgehead atoms. The highest BCUT2D eigenvalue weighted by molar-refractivity contribution is 7.86. The molecule has 1 aliphatic carbocycles. The minimum absolute atomic E-state index is 0.0823. The Bertz CT molecular complexity index is 557. The molecule has 1 saturated carbocycles. The average Bonchev–Trinajstić information content (AvgIpc) is 2.96. The molecule has 2 atom stereocenters. The first-order valence-corrected chi connectivity index (χ1v) is 8.05. The van der Waals surface area contributed by atoms with E-state index in [9.17, 15) is 8.42 Å². The fourth-order valence-electron chi connectivity index (χ4n) is 2.65. The van der Waals surface area contributed by atoms with Crippen molar-refractivity contribution in [2.75, 3.05) is 27.2 Å². The van der Waals surface area contributed by atoms with E-state index in [-0.39, 0.29) is 18.1 Å². The number of aromatic nitrogens is 3. The molecule has 0 unspecified atom stereocenters. The predicted molar refractivity (Wildman–Crippen MR) is 71.2 cm³/mol. The Morgan fingerprint density at radius 3 is 2.75 bits per heavy atom. The Labute approximate surface area is 118 Å². The van der Waals surface area contributed by atoms with Gasteiger partial charge in [-0.1, -0.05) is 0 Å². The summed E-state index contributed by atoms with van der Waals surface area (Å²) in [7, 11) is -0.167. The van der Waals surface area contributed by atoms with Crippen LogP contribution in [0.4, 0.5) is 0 Å². The molecule has 0 amide bonds. The third kappa shape index (κ3) is 2.34. The van der Waals surface area contributed by atoms with Gasteiger partial charge in [-0.05, 0) is 12.8 Å². The number of ether oxygens (including phenoxy) is 1. The lowest BCUT2D eigenvalue weighted by atomic mass is 10.0. The van der Waals surface area contributed by atoms with Crippen molar-refractivity contribution in [3.8, 4) is 0 Å². The van der Waals surface area contributed by atoms with E-state index in [1.165, 1.54) is 8.61 Å². The highest BCUT2D eigenvalue weighted by Gasteiger charge is 2.45. The second-order valence-corrected chi connectivity index (χ2v) is 7.34. The van der Waals surface area contributed by atoms with Crippen LogP contribution in [0.1, 0.15) is 24.5 Å². The van der Waals surface area contributed by atoms with Gasteiger partial charge in [-0.25, -0.2) is 0 Å². The van der Waals surface area contributed by atoms with Crippen molar-refractivity contribution in [1.29, 1.82) is 0 Å². The van der Waals surface area contributed by atoms with E-state index in [2.05, 4.69) is 15.4 Å². The van der Waals surface area contributed by atoms with Crippen LogP contribution in [0, 0.1) is 0 Å². The van der Waals surface area contributed by atoms with Crippen LogP contribution in [-0.2, 0) is 14.9 Å². The van der Waals surface area contributed by atoms with Crippen molar-refractivity contribution >= 4 is 10.2 Å². The topological polar surface area (TPSA) is 91.4 Å². The van der Waals surface area contributed by atoms with Crippen molar-refractivity contribution < 1.29 is 13.2 Å². The van der Waals surface area contributed by atoms with Crippen LogP contribution in [0.5, 0.6) is 0 Å². The molecular formula is C11H19N5O3S. The van der Waals surface area contributed by atoms with E-state index in [0.717, 1.165) is 18.5 Å². The molecule has 2 aliphatic rings. The minimum atomic E-state index is -3.41. The van der Waals surface area contributed by atoms with E-state index >= 15 is 0 Å². The summed E-state index contributed by atoms with van der Waals surface area (Å²) >= 11 is 0. The third-order valence-electron chi connectivity index (χ3n) is 4.10. The molecule has 8 nitrogen and oxygen atoms in total. The standard InChI is InChI=1S/C11H19N5O3S/c1-15(8-3-4-8)20(17,18)16-6-9(11(7-16)19-2)10-5-12-14-13-10/h5,8-9,11H,3-4,6-7H2,1-2H3,(H,12,13,14)/t9-,11+/m0/s1. The minimum Gasteiger partial charge on any atom is -0.379 e. The smallest absolute Gasteiger partial charge is 0.282 e. The number of rotatable bonds is 5. The van der Waals surface area contributed by atoms with Gasteiger partial charge in [0, 0.05) is 39.2 Å². The zero-order valence-corrected chi connectivity index (χ0v) is 12.4. The lowest BCUT2D eigenvalue weighted by molar-refractivity contribution is 0.101. The Morgan fingerprint density at radius 2 is 2.20 bits per heavy atom. The fourth-order valence-corrected chi connectivity index (χ4v) is 4.28. The molecule has 1 aliphatic heterocycles. The lowest BCUT2D eigenvalue weighted by Gasteiger charge is -2.23. The summed E-state index contributed by atoms with van der Waals surface area (Å²) in [5.74, 6) is -0.0823. The number of methoxy groups -OCH3 is 1. The molecule has 1 aromatic rings. The first-order valence-electron chi connectivity index (χ1n) is 6.65. The summed E-state index contributed by atoms with van der Waals surface area (Å²) in [5.41, 5.74) is 0.739. The molecule has 3 rings (SSSR count). The normalized spacial score (nSPS) is 28.4. The van der Waals surface area contributed by atoms with Crippen molar-refractivity contribution in [3.63, 3.8) is 0 Å². The predicted octanol–water partition coefficient (Wildman–Crippen LogP) is -0.442. The first-order chi connectivity index (χ1) is 9.54. The molecule has 0 aromatic carbocycles. The zero-order chi connectivity index (χ0) is 14.3. The van der Waals surface area contributed by atoms with Gasteiger partial charge in [0.15, 0.2) is 0 Å². The van der Waals surface area contributed by atoms with Crippen molar-refractivity contribution in [2.24, 2.45) is 0 Å². The van der Waals surface area contributed by atoms with Crippen LogP contribution in [0.3, 0.4) is 0 Å². The van der Waals surface area contributed by atoms with Gasteiger partial charge in [-0.15, -0.1) is 0 Å². The second-order valence-electron chi connectivity index (χ2n) is 5.35. The lowest BCUT2D eigenvalue weighted by Crippen LogP contribution is -2.42. The van der Waals surface area contributed by atoms with E-state index in [4.69, 9.17) is 4.74 Å². The van der Waals surface area contributed by atoms with E-state index in [1.54, 1.807) is 20.4 Å². The number of nitrogens with zero attached hydrogens (tertiary/aromatic N) is 4. The summed E-state index contributed by atoms with van der Waals surface area (Å²) in [4.78, 5) is 0. The van der Waals surface area contributed by atoms with Crippen molar-refractivity contribution in [1.82, 2.24) is 24.0 Å².